The average molecular weight is 486 g/mol. The number of carboxylic acids is 1. The van der Waals surface area contributed by atoms with Gasteiger partial charge in [-0.25, -0.2) is 4.21 Å². The Labute approximate surface area is 205 Å². The first-order valence-electron chi connectivity index (χ1n) is 10.9. The number of rotatable bonds is 9. The summed E-state index contributed by atoms with van der Waals surface area (Å²) >= 11 is 0. The molecular formula is C27H23N3O4S. The molecule has 0 aliphatic heterocycles. The normalized spacial score (nSPS) is 11.4. The molecule has 35 heavy (non-hydrogen) atoms. The first-order chi connectivity index (χ1) is 17.0. The molecule has 4 rings (SSSR count). The molecule has 0 saturated heterocycles. The minimum absolute atomic E-state index is 0.327. The summed E-state index contributed by atoms with van der Waals surface area (Å²) in [5.74, 6) is -1.63. The van der Waals surface area contributed by atoms with Crippen LogP contribution in [0.5, 0.6) is 0 Å². The number of nitrogens with one attached hydrogen (secondary N) is 1. The molecule has 0 bridgehead atoms. The number of amides is 1. The van der Waals surface area contributed by atoms with Gasteiger partial charge in [0.2, 0.25) is 0 Å². The van der Waals surface area contributed by atoms with Crippen molar-refractivity contribution in [3.05, 3.63) is 115 Å². The number of hydrogen-bond donors (Lipinski definition) is 2. The predicted molar refractivity (Wildman–Crippen MR) is 135 cm³/mol. The molecule has 4 aromatic rings. The van der Waals surface area contributed by atoms with Gasteiger partial charge in [0, 0.05) is 18.0 Å². The van der Waals surface area contributed by atoms with E-state index < -0.39 is 29.4 Å². The number of hydrogen-bond acceptors (Lipinski definition) is 4. The third kappa shape index (κ3) is 5.99. The van der Waals surface area contributed by atoms with Gasteiger partial charge in [-0.3, -0.25) is 18.9 Å². The highest BCUT2D eigenvalue weighted by Gasteiger charge is 2.21. The number of anilines is 1. The van der Waals surface area contributed by atoms with E-state index in [4.69, 9.17) is 5.11 Å². The van der Waals surface area contributed by atoms with E-state index >= 15 is 0 Å². The molecule has 1 atom stereocenters. The Hall–Kier alpha value is -4.30. The van der Waals surface area contributed by atoms with Crippen molar-refractivity contribution in [3.63, 3.8) is 0 Å². The van der Waals surface area contributed by atoms with E-state index in [9.17, 15) is 13.8 Å². The average Bonchev–Trinajstić information content (AvgIpc) is 2.91. The maximum atomic E-state index is 13.7. The Morgan fingerprint density at radius 2 is 1.63 bits per heavy atom. The summed E-state index contributed by atoms with van der Waals surface area (Å²) in [7, 11) is -1.54. The Bertz CT molecular complexity index is 1330. The first-order valence-corrected chi connectivity index (χ1v) is 12.0. The molecule has 0 fully saturated rings. The number of carboxylic acid groups (broad SMARTS) is 1. The van der Waals surface area contributed by atoms with E-state index in [-0.39, 0.29) is 0 Å². The van der Waals surface area contributed by atoms with Crippen molar-refractivity contribution in [2.75, 3.05) is 10.8 Å². The van der Waals surface area contributed by atoms with Crippen LogP contribution in [0.2, 0.25) is 0 Å². The quantitative estimate of drug-likeness (QED) is 0.368. The molecule has 8 heteroatoms. The topological polar surface area (TPSA) is 99.6 Å². The number of aromatic nitrogens is 1. The maximum absolute atomic E-state index is 13.7. The van der Waals surface area contributed by atoms with Crippen LogP contribution >= 0.6 is 0 Å². The van der Waals surface area contributed by atoms with Crippen molar-refractivity contribution in [2.24, 2.45) is 0 Å². The van der Waals surface area contributed by atoms with Crippen molar-refractivity contribution in [1.29, 1.82) is 0 Å². The second-order valence-electron chi connectivity index (χ2n) is 7.63. The summed E-state index contributed by atoms with van der Waals surface area (Å²) < 4.78 is 15.4. The lowest BCUT2D eigenvalue weighted by molar-refractivity contribution is -0.135. The lowest BCUT2D eigenvalue weighted by Gasteiger charge is -2.25. The second-order valence-corrected chi connectivity index (χ2v) is 9.04. The van der Waals surface area contributed by atoms with E-state index in [0.29, 0.717) is 28.3 Å². The Kier molecular flexibility index (Phi) is 7.64. The molecule has 3 aromatic carbocycles. The van der Waals surface area contributed by atoms with Gasteiger partial charge in [-0.1, -0.05) is 54.6 Å². The second kappa shape index (κ2) is 11.2. The molecule has 0 aliphatic rings. The highest BCUT2D eigenvalue weighted by atomic mass is 32.2. The highest BCUT2D eigenvalue weighted by molar-refractivity contribution is 7.86. The standard InChI is InChI=1S/C27H23N3O4S/c31-26(32)18-29-27(33)24-14-13-22(16-25(24)21-9-3-1-4-10-21)30(19-20-8-7-15-28-17-20)35(34)23-11-5-2-6-12-23/h1-17H,18-19H2,(H,29,33)(H,31,32). The zero-order chi connectivity index (χ0) is 24.6. The Morgan fingerprint density at radius 1 is 0.914 bits per heavy atom. The van der Waals surface area contributed by atoms with E-state index in [2.05, 4.69) is 10.3 Å². The smallest absolute Gasteiger partial charge is 0.322 e. The fourth-order valence-electron chi connectivity index (χ4n) is 3.56. The number of carbonyl (C=O) groups excluding carboxylic acids is 1. The molecule has 7 nitrogen and oxygen atoms in total. The van der Waals surface area contributed by atoms with Gasteiger partial charge in [-0.2, -0.15) is 0 Å². The summed E-state index contributed by atoms with van der Waals surface area (Å²) in [6, 6.07) is 27.4. The molecule has 0 spiro atoms. The molecule has 1 unspecified atom stereocenters. The van der Waals surface area contributed by atoms with Crippen LogP contribution in [0, 0.1) is 0 Å². The first kappa shape index (κ1) is 23.8. The van der Waals surface area contributed by atoms with Crippen molar-refractivity contribution in [1.82, 2.24) is 10.3 Å². The van der Waals surface area contributed by atoms with Gasteiger partial charge in [-0.15, -0.1) is 0 Å². The largest absolute Gasteiger partial charge is 0.480 e. The number of carbonyl (C=O) groups is 2. The van der Waals surface area contributed by atoms with Crippen molar-refractivity contribution in [3.8, 4) is 11.1 Å². The van der Waals surface area contributed by atoms with Gasteiger partial charge in [-0.05, 0) is 53.1 Å². The van der Waals surface area contributed by atoms with Gasteiger partial charge in [0.05, 0.1) is 17.1 Å². The number of nitrogens with zero attached hydrogens (tertiary/aromatic N) is 2. The maximum Gasteiger partial charge on any atom is 0.322 e. The minimum atomic E-state index is -1.54. The highest BCUT2D eigenvalue weighted by Crippen LogP contribution is 2.31. The molecule has 1 amide bonds. The van der Waals surface area contributed by atoms with Crippen molar-refractivity contribution < 1.29 is 18.9 Å². The number of aliphatic carboxylic acids is 1. The van der Waals surface area contributed by atoms with Gasteiger partial charge < -0.3 is 10.4 Å². The zero-order valence-corrected chi connectivity index (χ0v) is 19.5. The van der Waals surface area contributed by atoms with Crippen LogP contribution in [0.3, 0.4) is 0 Å². The predicted octanol–water partition coefficient (Wildman–Crippen LogP) is 4.29. The summed E-state index contributed by atoms with van der Waals surface area (Å²) in [5, 5.41) is 11.4. The number of pyridine rings is 1. The van der Waals surface area contributed by atoms with Gasteiger partial charge >= 0.3 is 5.97 Å². The van der Waals surface area contributed by atoms with E-state index in [1.807, 2.05) is 66.7 Å². The molecule has 0 radical (unpaired) electrons. The van der Waals surface area contributed by atoms with Crippen molar-refractivity contribution in [2.45, 2.75) is 11.4 Å². The van der Waals surface area contributed by atoms with Gasteiger partial charge in [0.15, 0.2) is 11.0 Å². The zero-order valence-electron chi connectivity index (χ0n) is 18.7. The molecule has 0 aliphatic carbocycles. The SMILES string of the molecule is O=C(O)CNC(=O)c1ccc(N(Cc2cccnc2)S(=O)c2ccccc2)cc1-c1ccccc1. The summed E-state index contributed by atoms with van der Waals surface area (Å²) in [6.45, 7) is -0.159. The van der Waals surface area contributed by atoms with Crippen LogP contribution in [0.1, 0.15) is 15.9 Å². The summed E-state index contributed by atoms with van der Waals surface area (Å²) in [6.07, 6.45) is 3.40. The molecule has 0 saturated carbocycles. The molecular weight excluding hydrogens is 462 g/mol. The minimum Gasteiger partial charge on any atom is -0.480 e. The number of benzene rings is 3. The third-order valence-electron chi connectivity index (χ3n) is 5.21. The monoisotopic (exact) mass is 485 g/mol. The lowest BCUT2D eigenvalue weighted by Crippen LogP contribution is -2.30. The van der Waals surface area contributed by atoms with E-state index in [1.54, 1.807) is 41.0 Å². The fourth-order valence-corrected chi connectivity index (χ4v) is 4.78. The fraction of sp³-hybridized carbons (Fsp3) is 0.0741. The molecule has 1 aromatic heterocycles. The van der Waals surface area contributed by atoms with Crippen LogP contribution in [0.25, 0.3) is 11.1 Å². The summed E-state index contributed by atoms with van der Waals surface area (Å²) in [4.78, 5) is 28.6. The Morgan fingerprint density at radius 3 is 2.29 bits per heavy atom. The van der Waals surface area contributed by atoms with Crippen molar-refractivity contribution >= 4 is 28.5 Å². The Balaban J connectivity index is 1.80. The van der Waals surface area contributed by atoms with Gasteiger partial charge in [0.1, 0.15) is 6.54 Å². The lowest BCUT2D eigenvalue weighted by atomic mass is 9.98. The van der Waals surface area contributed by atoms with Crippen LogP contribution in [-0.2, 0) is 22.3 Å². The van der Waals surface area contributed by atoms with Gasteiger partial charge in [0.25, 0.3) is 5.91 Å². The molecule has 176 valence electrons. The van der Waals surface area contributed by atoms with Crippen LogP contribution in [0.4, 0.5) is 5.69 Å². The van der Waals surface area contributed by atoms with Crippen LogP contribution < -0.4 is 9.62 Å². The van der Waals surface area contributed by atoms with Crippen LogP contribution in [0.15, 0.2) is 108 Å². The van der Waals surface area contributed by atoms with E-state index in [1.165, 1.54) is 0 Å². The molecule has 2 N–H and O–H groups in total. The van der Waals surface area contributed by atoms with E-state index in [0.717, 1.165) is 11.1 Å². The van der Waals surface area contributed by atoms with Crippen LogP contribution in [-0.4, -0.2) is 32.7 Å². The summed E-state index contributed by atoms with van der Waals surface area (Å²) in [5.41, 5.74) is 3.23. The third-order valence-corrected chi connectivity index (χ3v) is 6.63. The molecule has 1 heterocycles.